The van der Waals surface area contributed by atoms with Crippen LogP contribution in [0, 0.1) is 0 Å². The summed E-state index contributed by atoms with van der Waals surface area (Å²) < 4.78 is 4.95. The lowest BCUT2D eigenvalue weighted by atomic mass is 10.1. The molecule has 1 amide bonds. The first kappa shape index (κ1) is 15.8. The zero-order valence-corrected chi connectivity index (χ0v) is 11.3. The van der Waals surface area contributed by atoms with Gasteiger partial charge in [0.05, 0.1) is 6.42 Å². The first-order valence-electron chi connectivity index (χ1n) is 6.42. The minimum absolute atomic E-state index is 0.0992. The van der Waals surface area contributed by atoms with E-state index in [1.807, 2.05) is 30.3 Å². The normalized spacial score (nSPS) is 9.80. The zero-order valence-electron chi connectivity index (χ0n) is 11.3. The van der Waals surface area contributed by atoms with E-state index >= 15 is 0 Å². The average Bonchev–Trinajstić information content (AvgIpc) is 2.45. The van der Waals surface area contributed by atoms with E-state index in [0.717, 1.165) is 5.56 Å². The topological polar surface area (TPSA) is 66.8 Å². The van der Waals surface area contributed by atoms with Crippen LogP contribution >= 0.6 is 0 Å². The number of rotatable bonds is 8. The standard InChI is InChI=1S/C15H19NO4/c1-2-12-20-15(19)16(11-9-14(17)18)10-8-13-6-4-3-5-7-13/h2-7H,1,8-12H2,(H,17,18). The van der Waals surface area contributed by atoms with Gasteiger partial charge in [0.1, 0.15) is 6.61 Å². The van der Waals surface area contributed by atoms with Gasteiger partial charge in [-0.1, -0.05) is 43.0 Å². The lowest BCUT2D eigenvalue weighted by molar-refractivity contribution is -0.137. The van der Waals surface area contributed by atoms with Crippen LogP contribution in [0.15, 0.2) is 43.0 Å². The molecule has 0 fully saturated rings. The number of benzene rings is 1. The zero-order chi connectivity index (χ0) is 14.8. The van der Waals surface area contributed by atoms with E-state index in [4.69, 9.17) is 9.84 Å². The quantitative estimate of drug-likeness (QED) is 0.741. The molecule has 1 N–H and O–H groups in total. The number of amides is 1. The van der Waals surface area contributed by atoms with E-state index in [0.29, 0.717) is 13.0 Å². The van der Waals surface area contributed by atoms with Crippen molar-refractivity contribution in [2.24, 2.45) is 0 Å². The Labute approximate surface area is 118 Å². The molecule has 0 radical (unpaired) electrons. The third kappa shape index (κ3) is 6.04. The summed E-state index contributed by atoms with van der Waals surface area (Å²) in [4.78, 5) is 23.8. The second kappa shape index (κ2) is 8.74. The highest BCUT2D eigenvalue weighted by Gasteiger charge is 2.15. The minimum Gasteiger partial charge on any atom is -0.481 e. The monoisotopic (exact) mass is 277 g/mol. The number of carboxylic acids is 1. The number of carboxylic acid groups (broad SMARTS) is 1. The molecule has 0 bridgehead atoms. The van der Waals surface area contributed by atoms with E-state index in [-0.39, 0.29) is 19.6 Å². The number of carbonyl (C=O) groups excluding carboxylic acids is 1. The van der Waals surface area contributed by atoms with Crippen molar-refractivity contribution in [1.82, 2.24) is 4.90 Å². The summed E-state index contributed by atoms with van der Waals surface area (Å²) in [5.74, 6) is -0.939. The fraction of sp³-hybridized carbons (Fsp3) is 0.333. The van der Waals surface area contributed by atoms with Crippen LogP contribution in [-0.4, -0.2) is 41.8 Å². The van der Waals surface area contributed by atoms with Gasteiger partial charge in [0.2, 0.25) is 0 Å². The molecule has 5 nitrogen and oxygen atoms in total. The maximum Gasteiger partial charge on any atom is 0.410 e. The van der Waals surface area contributed by atoms with Crippen LogP contribution in [0.4, 0.5) is 4.79 Å². The van der Waals surface area contributed by atoms with Crippen LogP contribution in [-0.2, 0) is 16.0 Å². The molecule has 0 aliphatic rings. The summed E-state index contributed by atoms with van der Waals surface area (Å²) in [6.07, 6.45) is 1.52. The second-order valence-electron chi connectivity index (χ2n) is 4.23. The number of hydrogen-bond donors (Lipinski definition) is 1. The predicted molar refractivity (Wildman–Crippen MR) is 75.5 cm³/mol. The Balaban J connectivity index is 2.54. The smallest absolute Gasteiger partial charge is 0.410 e. The molecule has 0 saturated heterocycles. The van der Waals surface area contributed by atoms with Gasteiger partial charge in [-0.2, -0.15) is 0 Å². The van der Waals surface area contributed by atoms with Gasteiger partial charge in [-0.3, -0.25) is 4.79 Å². The Hall–Kier alpha value is -2.30. The van der Waals surface area contributed by atoms with Crippen LogP contribution in [0.5, 0.6) is 0 Å². The van der Waals surface area contributed by atoms with Gasteiger partial charge in [0, 0.05) is 13.1 Å². The number of ether oxygens (including phenoxy) is 1. The molecule has 0 aromatic heterocycles. The molecule has 1 aromatic carbocycles. The number of hydrogen-bond acceptors (Lipinski definition) is 3. The maximum absolute atomic E-state index is 11.8. The Morgan fingerprint density at radius 2 is 1.95 bits per heavy atom. The van der Waals surface area contributed by atoms with Gasteiger partial charge in [-0.15, -0.1) is 0 Å². The molecule has 1 rings (SSSR count). The van der Waals surface area contributed by atoms with Gasteiger partial charge >= 0.3 is 12.1 Å². The Kier molecular flexibility index (Phi) is 6.89. The fourth-order valence-corrected chi connectivity index (χ4v) is 1.66. The van der Waals surface area contributed by atoms with Gasteiger partial charge in [-0.25, -0.2) is 4.79 Å². The summed E-state index contributed by atoms with van der Waals surface area (Å²) >= 11 is 0. The van der Waals surface area contributed by atoms with Gasteiger partial charge in [0.25, 0.3) is 0 Å². The van der Waals surface area contributed by atoms with Crippen molar-refractivity contribution in [2.45, 2.75) is 12.8 Å². The molecule has 0 heterocycles. The van der Waals surface area contributed by atoms with Crippen LogP contribution in [0.25, 0.3) is 0 Å². The van der Waals surface area contributed by atoms with Crippen LogP contribution < -0.4 is 0 Å². The molecule has 0 aliphatic carbocycles. The van der Waals surface area contributed by atoms with E-state index < -0.39 is 12.1 Å². The highest BCUT2D eigenvalue weighted by Crippen LogP contribution is 2.04. The lowest BCUT2D eigenvalue weighted by Gasteiger charge is -2.21. The average molecular weight is 277 g/mol. The summed E-state index contributed by atoms with van der Waals surface area (Å²) in [7, 11) is 0. The molecular formula is C15H19NO4. The predicted octanol–water partition coefficient (Wildman–Crippen LogP) is 2.33. The van der Waals surface area contributed by atoms with Crippen LogP contribution in [0.3, 0.4) is 0 Å². The summed E-state index contributed by atoms with van der Waals surface area (Å²) in [5.41, 5.74) is 1.09. The molecule has 0 spiro atoms. The van der Waals surface area contributed by atoms with Crippen LogP contribution in [0.1, 0.15) is 12.0 Å². The van der Waals surface area contributed by atoms with Crippen molar-refractivity contribution >= 4 is 12.1 Å². The summed E-state index contributed by atoms with van der Waals surface area (Å²) in [6.45, 7) is 4.15. The Morgan fingerprint density at radius 1 is 1.25 bits per heavy atom. The van der Waals surface area contributed by atoms with Crippen molar-refractivity contribution in [3.8, 4) is 0 Å². The van der Waals surface area contributed by atoms with Crippen molar-refractivity contribution in [3.05, 3.63) is 48.6 Å². The van der Waals surface area contributed by atoms with Crippen molar-refractivity contribution in [1.29, 1.82) is 0 Å². The van der Waals surface area contributed by atoms with E-state index in [2.05, 4.69) is 6.58 Å². The molecule has 0 aliphatic heterocycles. The number of nitrogens with zero attached hydrogens (tertiary/aromatic N) is 1. The molecule has 1 aromatic rings. The van der Waals surface area contributed by atoms with Crippen molar-refractivity contribution < 1.29 is 19.4 Å². The Bertz CT molecular complexity index is 444. The van der Waals surface area contributed by atoms with Gasteiger partial charge in [0.15, 0.2) is 0 Å². The highest BCUT2D eigenvalue weighted by atomic mass is 16.6. The molecule has 0 unspecified atom stereocenters. The first-order valence-corrected chi connectivity index (χ1v) is 6.42. The molecule has 5 heteroatoms. The van der Waals surface area contributed by atoms with Crippen LogP contribution in [0.2, 0.25) is 0 Å². The number of aliphatic carboxylic acids is 1. The molecule has 0 atom stereocenters. The van der Waals surface area contributed by atoms with E-state index in [1.54, 1.807) is 0 Å². The van der Waals surface area contributed by atoms with Crippen molar-refractivity contribution in [2.75, 3.05) is 19.7 Å². The number of carbonyl (C=O) groups is 2. The van der Waals surface area contributed by atoms with Gasteiger partial charge in [-0.05, 0) is 12.0 Å². The maximum atomic E-state index is 11.8. The van der Waals surface area contributed by atoms with Gasteiger partial charge < -0.3 is 14.7 Å². The molecule has 0 saturated carbocycles. The second-order valence-corrected chi connectivity index (χ2v) is 4.23. The SMILES string of the molecule is C=CCOC(=O)N(CCC(=O)O)CCc1ccccc1. The van der Waals surface area contributed by atoms with E-state index in [1.165, 1.54) is 11.0 Å². The van der Waals surface area contributed by atoms with E-state index in [9.17, 15) is 9.59 Å². The first-order chi connectivity index (χ1) is 9.63. The summed E-state index contributed by atoms with van der Waals surface area (Å²) in [5, 5.41) is 8.71. The minimum atomic E-state index is -0.939. The third-order valence-corrected chi connectivity index (χ3v) is 2.69. The fourth-order valence-electron chi connectivity index (χ4n) is 1.66. The Morgan fingerprint density at radius 3 is 2.55 bits per heavy atom. The third-order valence-electron chi connectivity index (χ3n) is 2.69. The molecular weight excluding hydrogens is 258 g/mol. The highest BCUT2D eigenvalue weighted by molar-refractivity contribution is 5.70. The largest absolute Gasteiger partial charge is 0.481 e. The molecule has 20 heavy (non-hydrogen) atoms. The lowest BCUT2D eigenvalue weighted by Crippen LogP contribution is -2.35. The molecule has 108 valence electrons. The summed E-state index contributed by atoms with van der Waals surface area (Å²) in [6, 6.07) is 9.69. The van der Waals surface area contributed by atoms with Crippen molar-refractivity contribution in [3.63, 3.8) is 0 Å².